The number of rotatable bonds is 7. The Morgan fingerprint density at radius 3 is 2.78 bits per heavy atom. The minimum Gasteiger partial charge on any atom is -0.482 e. The van der Waals surface area contributed by atoms with E-state index < -0.39 is 10.0 Å². The number of nitrogens with one attached hydrogen (secondary N) is 1. The van der Waals surface area contributed by atoms with Crippen molar-refractivity contribution in [1.29, 1.82) is 0 Å². The van der Waals surface area contributed by atoms with Gasteiger partial charge in [-0.1, -0.05) is 11.6 Å². The highest BCUT2D eigenvalue weighted by atomic mass is 35.5. The number of amides is 1. The van der Waals surface area contributed by atoms with Crippen molar-refractivity contribution in [2.45, 2.75) is 23.8 Å². The molecule has 150 valence electrons. The van der Waals surface area contributed by atoms with Gasteiger partial charge >= 0.3 is 0 Å². The van der Waals surface area contributed by atoms with Gasteiger partial charge in [-0.2, -0.15) is 0 Å². The number of sulfonamides is 1. The SMILES string of the molecule is O=C(COc1ccc(Cl)cc1S(=O)(=O)NC[C@@H]1CCCO1)N1CCOCC1. The van der Waals surface area contributed by atoms with Crippen molar-refractivity contribution in [3.63, 3.8) is 0 Å². The van der Waals surface area contributed by atoms with E-state index in [-0.39, 0.29) is 40.8 Å². The first-order chi connectivity index (χ1) is 13.0. The Kier molecular flexibility index (Phi) is 6.93. The molecule has 0 saturated carbocycles. The zero-order valence-corrected chi connectivity index (χ0v) is 16.4. The molecule has 0 aliphatic carbocycles. The van der Waals surface area contributed by atoms with Crippen LogP contribution in [0.2, 0.25) is 5.02 Å². The second-order valence-electron chi connectivity index (χ2n) is 6.36. The first-order valence-electron chi connectivity index (χ1n) is 8.85. The summed E-state index contributed by atoms with van der Waals surface area (Å²) in [5.74, 6) is -0.134. The Hall–Kier alpha value is -1.39. The molecule has 0 aromatic heterocycles. The highest BCUT2D eigenvalue weighted by Gasteiger charge is 2.25. The van der Waals surface area contributed by atoms with Gasteiger partial charge in [-0.25, -0.2) is 13.1 Å². The summed E-state index contributed by atoms with van der Waals surface area (Å²) in [5, 5.41) is 0.263. The Bertz CT molecular complexity index is 761. The van der Waals surface area contributed by atoms with Gasteiger partial charge in [0, 0.05) is 31.3 Å². The molecule has 1 amide bonds. The van der Waals surface area contributed by atoms with Gasteiger partial charge in [0.2, 0.25) is 10.0 Å². The van der Waals surface area contributed by atoms with E-state index in [1.165, 1.54) is 18.2 Å². The predicted octanol–water partition coefficient (Wildman–Crippen LogP) is 1.03. The predicted molar refractivity (Wildman–Crippen MR) is 98.5 cm³/mol. The third kappa shape index (κ3) is 5.55. The maximum absolute atomic E-state index is 12.7. The van der Waals surface area contributed by atoms with Gasteiger partial charge in [0.25, 0.3) is 5.91 Å². The fourth-order valence-corrected chi connectivity index (χ4v) is 4.41. The van der Waals surface area contributed by atoms with E-state index in [9.17, 15) is 13.2 Å². The summed E-state index contributed by atoms with van der Waals surface area (Å²) in [5.41, 5.74) is 0. The molecule has 2 heterocycles. The van der Waals surface area contributed by atoms with Crippen LogP contribution < -0.4 is 9.46 Å². The molecule has 1 atom stereocenters. The summed E-state index contributed by atoms with van der Waals surface area (Å²) in [4.78, 5) is 13.8. The van der Waals surface area contributed by atoms with Crippen molar-refractivity contribution in [3.8, 4) is 5.75 Å². The van der Waals surface area contributed by atoms with E-state index in [4.69, 9.17) is 25.8 Å². The van der Waals surface area contributed by atoms with Gasteiger partial charge in [-0.3, -0.25) is 4.79 Å². The number of carbonyl (C=O) groups excluding carboxylic acids is 1. The molecule has 3 rings (SSSR count). The first-order valence-corrected chi connectivity index (χ1v) is 10.7. The van der Waals surface area contributed by atoms with Crippen molar-refractivity contribution >= 4 is 27.5 Å². The Morgan fingerprint density at radius 2 is 2.07 bits per heavy atom. The number of carbonyl (C=O) groups is 1. The van der Waals surface area contributed by atoms with Gasteiger partial charge < -0.3 is 19.1 Å². The molecule has 27 heavy (non-hydrogen) atoms. The maximum atomic E-state index is 12.7. The molecule has 1 aromatic rings. The number of hydrogen-bond donors (Lipinski definition) is 1. The highest BCUT2D eigenvalue weighted by Crippen LogP contribution is 2.27. The minimum absolute atomic E-state index is 0.0841. The lowest BCUT2D eigenvalue weighted by Gasteiger charge is -2.26. The van der Waals surface area contributed by atoms with Crippen LogP contribution in [0.4, 0.5) is 0 Å². The summed E-state index contributed by atoms with van der Waals surface area (Å²) in [6.45, 7) is 2.53. The van der Waals surface area contributed by atoms with E-state index in [0.29, 0.717) is 32.9 Å². The molecule has 2 aliphatic rings. The molecule has 0 unspecified atom stereocenters. The molecule has 2 aliphatic heterocycles. The first kappa shape index (κ1) is 20.3. The van der Waals surface area contributed by atoms with Crippen molar-refractivity contribution in [3.05, 3.63) is 23.2 Å². The average molecular weight is 419 g/mol. The fraction of sp³-hybridized carbons (Fsp3) is 0.588. The Labute approximate surface area is 163 Å². The number of nitrogens with zero attached hydrogens (tertiary/aromatic N) is 1. The lowest BCUT2D eigenvalue weighted by atomic mass is 10.2. The lowest BCUT2D eigenvalue weighted by Crippen LogP contribution is -2.43. The summed E-state index contributed by atoms with van der Waals surface area (Å²) < 4.78 is 44.1. The average Bonchev–Trinajstić information content (AvgIpc) is 3.19. The Morgan fingerprint density at radius 1 is 1.30 bits per heavy atom. The fourth-order valence-electron chi connectivity index (χ4n) is 2.94. The molecule has 0 spiro atoms. The summed E-state index contributed by atoms with van der Waals surface area (Å²) in [6, 6.07) is 4.29. The van der Waals surface area contributed by atoms with Crippen LogP contribution in [-0.2, 0) is 24.3 Å². The number of hydrogen-bond acceptors (Lipinski definition) is 6. The zero-order valence-electron chi connectivity index (χ0n) is 14.9. The number of benzene rings is 1. The molecule has 0 radical (unpaired) electrons. The third-order valence-corrected chi connectivity index (χ3v) is 6.12. The van der Waals surface area contributed by atoms with Gasteiger partial charge in [-0.15, -0.1) is 0 Å². The summed E-state index contributed by atoms with van der Waals surface area (Å²) in [6.07, 6.45) is 1.60. The number of ether oxygens (including phenoxy) is 3. The molecule has 2 saturated heterocycles. The van der Waals surface area contributed by atoms with Crippen LogP contribution in [0.15, 0.2) is 23.1 Å². The van der Waals surface area contributed by atoms with Crippen molar-refractivity contribution in [2.75, 3.05) is 46.1 Å². The van der Waals surface area contributed by atoms with Crippen LogP contribution in [0.5, 0.6) is 5.75 Å². The molecule has 10 heteroatoms. The smallest absolute Gasteiger partial charge is 0.260 e. The van der Waals surface area contributed by atoms with Crippen LogP contribution in [0.25, 0.3) is 0 Å². The number of morpholine rings is 1. The maximum Gasteiger partial charge on any atom is 0.260 e. The van der Waals surface area contributed by atoms with Crippen LogP contribution in [0, 0.1) is 0 Å². The van der Waals surface area contributed by atoms with Crippen molar-refractivity contribution in [1.82, 2.24) is 9.62 Å². The molecule has 1 aromatic carbocycles. The molecular weight excluding hydrogens is 396 g/mol. The standard InChI is InChI=1S/C17H23ClN2O6S/c18-13-3-4-15(26-12-17(21)20-5-8-24-9-6-20)16(10-13)27(22,23)19-11-14-2-1-7-25-14/h3-4,10,14,19H,1-2,5-9,11-12H2/t14-/m0/s1. The lowest BCUT2D eigenvalue weighted by molar-refractivity contribution is -0.137. The van der Waals surface area contributed by atoms with Crippen LogP contribution in [-0.4, -0.2) is 71.4 Å². The number of halogens is 1. The quantitative estimate of drug-likeness (QED) is 0.710. The van der Waals surface area contributed by atoms with Gasteiger partial charge in [-0.05, 0) is 31.0 Å². The van der Waals surface area contributed by atoms with E-state index in [1.807, 2.05) is 0 Å². The van der Waals surface area contributed by atoms with E-state index >= 15 is 0 Å². The van der Waals surface area contributed by atoms with Gasteiger partial charge in [0.1, 0.15) is 10.6 Å². The van der Waals surface area contributed by atoms with Gasteiger partial charge in [0.05, 0.1) is 19.3 Å². The highest BCUT2D eigenvalue weighted by molar-refractivity contribution is 7.89. The van der Waals surface area contributed by atoms with E-state index in [2.05, 4.69) is 4.72 Å². The normalized spacial score (nSPS) is 20.6. The second-order valence-corrected chi connectivity index (χ2v) is 8.53. The molecular formula is C17H23ClN2O6S. The largest absolute Gasteiger partial charge is 0.482 e. The monoisotopic (exact) mass is 418 g/mol. The molecule has 8 nitrogen and oxygen atoms in total. The zero-order chi connectivity index (χ0) is 19.3. The summed E-state index contributed by atoms with van der Waals surface area (Å²) in [7, 11) is -3.86. The van der Waals surface area contributed by atoms with Crippen molar-refractivity contribution in [2.24, 2.45) is 0 Å². The van der Waals surface area contributed by atoms with E-state index in [1.54, 1.807) is 4.90 Å². The molecule has 2 fully saturated rings. The van der Waals surface area contributed by atoms with Crippen LogP contribution in [0.1, 0.15) is 12.8 Å². The minimum atomic E-state index is -3.86. The topological polar surface area (TPSA) is 94.2 Å². The van der Waals surface area contributed by atoms with Crippen LogP contribution >= 0.6 is 11.6 Å². The van der Waals surface area contributed by atoms with Crippen molar-refractivity contribution < 1.29 is 27.4 Å². The molecule has 0 bridgehead atoms. The van der Waals surface area contributed by atoms with E-state index in [0.717, 1.165) is 12.8 Å². The third-order valence-electron chi connectivity index (χ3n) is 4.44. The second kappa shape index (κ2) is 9.20. The van der Waals surface area contributed by atoms with Crippen LogP contribution in [0.3, 0.4) is 0 Å². The van der Waals surface area contributed by atoms with Gasteiger partial charge in [0.15, 0.2) is 6.61 Å². The molecule has 1 N–H and O–H groups in total. The summed E-state index contributed by atoms with van der Waals surface area (Å²) >= 11 is 5.97. The Balaban J connectivity index is 1.67.